The fraction of sp³-hybridized carbons (Fsp3) is 0.241. The molecule has 0 spiro atoms. The average Bonchev–Trinajstić information content (AvgIpc) is 2.88. The SMILES string of the molecule is C=C1C=C(C=C(C#N)C#N)SC(C)([C@H](C)N(c2ccccc2)c2ccccc2)C(=C)C1(C)C. The summed E-state index contributed by atoms with van der Waals surface area (Å²) in [5, 5.41) is 18.7. The lowest BCUT2D eigenvalue weighted by molar-refractivity contribution is 0.461. The first-order chi connectivity index (χ1) is 15.6. The third-order valence-electron chi connectivity index (χ3n) is 6.58. The summed E-state index contributed by atoms with van der Waals surface area (Å²) >= 11 is 1.63. The van der Waals surface area contributed by atoms with Crippen LogP contribution in [0.2, 0.25) is 0 Å². The molecule has 0 amide bonds. The van der Waals surface area contributed by atoms with E-state index in [-0.39, 0.29) is 17.0 Å². The van der Waals surface area contributed by atoms with Crippen molar-refractivity contribution in [2.75, 3.05) is 4.90 Å². The van der Waals surface area contributed by atoms with Gasteiger partial charge in [-0.25, -0.2) is 0 Å². The Bertz CT molecular complexity index is 1140. The lowest BCUT2D eigenvalue weighted by Crippen LogP contribution is -2.49. The van der Waals surface area contributed by atoms with Crippen LogP contribution in [-0.2, 0) is 0 Å². The number of para-hydroxylation sites is 2. The van der Waals surface area contributed by atoms with Crippen molar-refractivity contribution >= 4 is 23.1 Å². The van der Waals surface area contributed by atoms with Gasteiger partial charge < -0.3 is 4.90 Å². The van der Waals surface area contributed by atoms with Crippen LogP contribution in [0.15, 0.2) is 108 Å². The molecule has 4 heteroatoms. The van der Waals surface area contributed by atoms with Crippen molar-refractivity contribution in [2.45, 2.75) is 38.5 Å². The molecule has 1 aliphatic rings. The molecule has 3 nitrogen and oxygen atoms in total. The predicted octanol–water partition coefficient (Wildman–Crippen LogP) is 7.71. The summed E-state index contributed by atoms with van der Waals surface area (Å²) in [5.74, 6) is 0. The largest absolute Gasteiger partial charge is 0.337 e. The smallest absolute Gasteiger partial charge is 0.130 e. The molecule has 0 radical (unpaired) electrons. The standard InChI is InChI=1S/C29H29N3S/c1-21-17-27(18-24(19-30)20-31)33-29(6,22(2)28(21,4)5)23(3)32(25-13-9-7-10-14-25)26-15-11-8-12-16-26/h7-18,23H,1-2H2,3-6H3/t23-,29?/m0/s1. The predicted molar refractivity (Wildman–Crippen MR) is 140 cm³/mol. The minimum Gasteiger partial charge on any atom is -0.337 e. The van der Waals surface area contributed by atoms with Crippen LogP contribution >= 0.6 is 11.8 Å². The lowest BCUT2D eigenvalue weighted by Gasteiger charge is -2.47. The monoisotopic (exact) mass is 451 g/mol. The van der Waals surface area contributed by atoms with Crippen molar-refractivity contribution in [3.8, 4) is 12.1 Å². The van der Waals surface area contributed by atoms with E-state index >= 15 is 0 Å². The van der Waals surface area contributed by atoms with Crippen LogP contribution in [0.3, 0.4) is 0 Å². The van der Waals surface area contributed by atoms with Crippen LogP contribution in [0.1, 0.15) is 27.7 Å². The van der Waals surface area contributed by atoms with E-state index in [0.717, 1.165) is 27.4 Å². The summed E-state index contributed by atoms with van der Waals surface area (Å²) in [6, 6.07) is 24.6. The van der Waals surface area contributed by atoms with Crippen molar-refractivity contribution in [3.05, 3.63) is 108 Å². The van der Waals surface area contributed by atoms with Gasteiger partial charge in [-0.1, -0.05) is 63.4 Å². The van der Waals surface area contributed by atoms with E-state index in [4.69, 9.17) is 0 Å². The van der Waals surface area contributed by atoms with Crippen LogP contribution in [0.25, 0.3) is 0 Å². The Kier molecular flexibility index (Phi) is 7.01. The molecule has 33 heavy (non-hydrogen) atoms. The molecule has 1 unspecified atom stereocenters. The Morgan fingerprint density at radius 2 is 1.42 bits per heavy atom. The minimum atomic E-state index is -0.465. The molecular weight excluding hydrogens is 422 g/mol. The van der Waals surface area contributed by atoms with Gasteiger partial charge in [-0.15, -0.1) is 11.8 Å². The lowest BCUT2D eigenvalue weighted by atomic mass is 9.71. The summed E-state index contributed by atoms with van der Waals surface area (Å²) in [5.41, 5.74) is 3.83. The van der Waals surface area contributed by atoms with E-state index in [0.29, 0.717) is 0 Å². The van der Waals surface area contributed by atoms with E-state index in [2.05, 4.69) is 70.0 Å². The second-order valence-electron chi connectivity index (χ2n) is 8.88. The topological polar surface area (TPSA) is 50.8 Å². The van der Waals surface area contributed by atoms with Crippen molar-refractivity contribution in [2.24, 2.45) is 5.41 Å². The van der Waals surface area contributed by atoms with E-state index in [9.17, 15) is 10.5 Å². The fourth-order valence-corrected chi connectivity index (χ4v) is 5.68. The second kappa shape index (κ2) is 9.57. The summed E-state index contributed by atoms with van der Waals surface area (Å²) < 4.78 is -0.465. The maximum absolute atomic E-state index is 9.35. The van der Waals surface area contributed by atoms with Gasteiger partial charge in [0.1, 0.15) is 17.7 Å². The highest BCUT2D eigenvalue weighted by molar-refractivity contribution is 8.04. The van der Waals surface area contributed by atoms with Crippen LogP contribution in [0.5, 0.6) is 0 Å². The summed E-state index contributed by atoms with van der Waals surface area (Å²) in [4.78, 5) is 3.17. The molecule has 0 fully saturated rings. The van der Waals surface area contributed by atoms with Gasteiger partial charge in [-0.3, -0.25) is 0 Å². The van der Waals surface area contributed by atoms with Crippen LogP contribution in [0.4, 0.5) is 11.4 Å². The molecule has 2 atom stereocenters. The number of allylic oxidation sites excluding steroid dienone is 4. The number of hydrogen-bond acceptors (Lipinski definition) is 4. The number of hydrogen-bond donors (Lipinski definition) is 0. The third-order valence-corrected chi connectivity index (χ3v) is 8.07. The van der Waals surface area contributed by atoms with E-state index in [1.807, 2.05) is 54.6 Å². The van der Waals surface area contributed by atoms with Gasteiger partial charge in [0, 0.05) is 27.7 Å². The van der Waals surface area contributed by atoms with Crippen molar-refractivity contribution in [3.63, 3.8) is 0 Å². The van der Waals surface area contributed by atoms with E-state index < -0.39 is 4.75 Å². The highest BCUT2D eigenvalue weighted by atomic mass is 32.2. The molecule has 1 aliphatic heterocycles. The van der Waals surface area contributed by atoms with E-state index in [1.165, 1.54) is 0 Å². The van der Waals surface area contributed by atoms with Crippen molar-refractivity contribution < 1.29 is 0 Å². The molecule has 1 heterocycles. The first-order valence-corrected chi connectivity index (χ1v) is 11.7. The van der Waals surface area contributed by atoms with E-state index in [1.54, 1.807) is 17.8 Å². The molecular formula is C29H29N3S. The zero-order valence-electron chi connectivity index (χ0n) is 19.7. The Hall–Kier alpha value is -3.47. The van der Waals surface area contributed by atoms with Crippen LogP contribution < -0.4 is 4.90 Å². The third kappa shape index (κ3) is 4.68. The number of benzene rings is 2. The minimum absolute atomic E-state index is 0.0191. The molecule has 0 saturated carbocycles. The second-order valence-corrected chi connectivity index (χ2v) is 10.4. The first kappa shape index (κ1) is 24.2. The number of rotatable bonds is 5. The molecule has 0 aromatic heterocycles. The quantitative estimate of drug-likeness (QED) is 0.345. The molecule has 2 aromatic rings. The molecule has 0 aliphatic carbocycles. The number of anilines is 2. The maximum Gasteiger partial charge on any atom is 0.130 e. The molecule has 0 saturated heterocycles. The van der Waals surface area contributed by atoms with Gasteiger partial charge in [0.05, 0.1) is 4.75 Å². The highest BCUT2D eigenvalue weighted by Gasteiger charge is 2.47. The zero-order chi connectivity index (χ0) is 24.2. The molecule has 0 bridgehead atoms. The van der Waals surface area contributed by atoms with Crippen LogP contribution in [0, 0.1) is 28.1 Å². The number of thioether (sulfide) groups is 1. The van der Waals surface area contributed by atoms with Gasteiger partial charge in [-0.2, -0.15) is 10.5 Å². The summed E-state index contributed by atoms with van der Waals surface area (Å²) in [6.07, 6.45) is 3.64. The van der Waals surface area contributed by atoms with Crippen LogP contribution in [-0.4, -0.2) is 10.8 Å². The molecule has 0 N–H and O–H groups in total. The van der Waals surface area contributed by atoms with Gasteiger partial charge >= 0.3 is 0 Å². The Balaban J connectivity index is 2.19. The van der Waals surface area contributed by atoms with Gasteiger partial charge in [0.15, 0.2) is 0 Å². The fourth-order valence-electron chi connectivity index (χ4n) is 4.16. The Morgan fingerprint density at radius 3 is 1.88 bits per heavy atom. The number of nitriles is 2. The average molecular weight is 452 g/mol. The Labute approximate surface area is 202 Å². The van der Waals surface area contributed by atoms with Crippen molar-refractivity contribution in [1.82, 2.24) is 0 Å². The highest BCUT2D eigenvalue weighted by Crippen LogP contribution is 2.55. The normalized spacial score (nSPS) is 20.5. The summed E-state index contributed by atoms with van der Waals surface area (Å²) in [7, 11) is 0. The molecule has 166 valence electrons. The molecule has 2 aromatic carbocycles. The summed E-state index contributed by atoms with van der Waals surface area (Å²) in [6.45, 7) is 17.6. The molecule has 3 rings (SSSR count). The maximum atomic E-state index is 9.35. The van der Waals surface area contributed by atoms with Gasteiger partial charge in [0.25, 0.3) is 0 Å². The van der Waals surface area contributed by atoms with Gasteiger partial charge in [0.2, 0.25) is 0 Å². The van der Waals surface area contributed by atoms with Gasteiger partial charge in [-0.05, 0) is 61.4 Å². The van der Waals surface area contributed by atoms with Crippen molar-refractivity contribution in [1.29, 1.82) is 10.5 Å². The Morgan fingerprint density at radius 1 is 0.939 bits per heavy atom. The number of nitrogens with zero attached hydrogens (tertiary/aromatic N) is 3. The zero-order valence-corrected chi connectivity index (χ0v) is 20.5. The first-order valence-electron chi connectivity index (χ1n) is 10.9.